The molecule has 5 aromatic rings. The molecule has 3 atom stereocenters. The number of imidazole rings is 1. The van der Waals surface area contributed by atoms with Crippen LogP contribution in [0.5, 0.6) is 5.75 Å². The molecule has 3 heterocycles. The zero-order chi connectivity index (χ0) is 31.7. The number of carbonyl (C=O) groups is 2. The van der Waals surface area contributed by atoms with Gasteiger partial charge < -0.3 is 29.8 Å². The molecule has 46 heavy (non-hydrogen) atoms. The molecular weight excluding hydrogens is 576 g/mol. The van der Waals surface area contributed by atoms with Crippen molar-refractivity contribution >= 4 is 39.4 Å². The second kappa shape index (κ2) is 10.9. The van der Waals surface area contributed by atoms with Crippen LogP contribution in [0.15, 0.2) is 73.3 Å². The molecule has 2 bridgehead atoms. The molecule has 2 aromatic heterocycles. The summed E-state index contributed by atoms with van der Waals surface area (Å²) in [4.78, 5) is 32.8. The number of rotatable bonds is 8. The number of piperidine rings is 1. The number of likely N-dealkylation sites (tertiary alicyclic amines) is 1. The number of hydrogen-bond acceptors (Lipinski definition) is 5. The molecule has 8 rings (SSSR count). The minimum atomic E-state index is -0.238. The van der Waals surface area contributed by atoms with Crippen LogP contribution in [0.1, 0.15) is 36.0 Å². The summed E-state index contributed by atoms with van der Waals surface area (Å²) in [5.41, 5.74) is 13.6. The van der Waals surface area contributed by atoms with Crippen molar-refractivity contribution in [3.8, 4) is 28.4 Å². The van der Waals surface area contributed by atoms with Crippen LogP contribution in [0.3, 0.4) is 0 Å². The largest absolute Gasteiger partial charge is 0.494 e. The maximum Gasteiger partial charge on any atom is 0.254 e. The third kappa shape index (κ3) is 4.69. The minimum Gasteiger partial charge on any atom is -0.494 e. The Labute approximate surface area is 267 Å². The minimum absolute atomic E-state index is 0.00134. The van der Waals surface area contributed by atoms with Gasteiger partial charge in [-0.2, -0.15) is 0 Å². The summed E-state index contributed by atoms with van der Waals surface area (Å²) in [7, 11) is 3.66. The Bertz CT molecular complexity index is 2050. The third-order valence-electron chi connectivity index (χ3n) is 10.2. The molecule has 3 aromatic carbocycles. The van der Waals surface area contributed by atoms with Crippen LogP contribution in [0, 0.1) is 11.8 Å². The van der Waals surface area contributed by atoms with Crippen molar-refractivity contribution in [2.45, 2.75) is 44.3 Å². The molecule has 0 unspecified atom stereocenters. The first-order valence-corrected chi connectivity index (χ1v) is 16.1. The van der Waals surface area contributed by atoms with Crippen molar-refractivity contribution in [2.75, 3.05) is 19.0 Å². The average Bonchev–Trinajstić information content (AvgIpc) is 3.47. The van der Waals surface area contributed by atoms with E-state index in [1.165, 1.54) is 18.9 Å². The van der Waals surface area contributed by atoms with Gasteiger partial charge in [0.2, 0.25) is 5.91 Å². The van der Waals surface area contributed by atoms with Gasteiger partial charge in [-0.25, -0.2) is 4.98 Å². The van der Waals surface area contributed by atoms with Gasteiger partial charge in [-0.1, -0.05) is 30.8 Å². The Balaban J connectivity index is 1.21. The van der Waals surface area contributed by atoms with Crippen LogP contribution in [-0.2, 0) is 18.4 Å². The van der Waals surface area contributed by atoms with Crippen molar-refractivity contribution in [2.24, 2.45) is 24.6 Å². The van der Waals surface area contributed by atoms with Gasteiger partial charge >= 0.3 is 0 Å². The van der Waals surface area contributed by atoms with Crippen LogP contribution in [0.25, 0.3) is 44.6 Å². The van der Waals surface area contributed by atoms with Crippen LogP contribution in [-0.4, -0.2) is 56.6 Å². The molecule has 1 saturated heterocycles. The summed E-state index contributed by atoms with van der Waals surface area (Å²) in [5.74, 6) is 2.24. The summed E-state index contributed by atoms with van der Waals surface area (Å²) >= 11 is 0. The normalized spacial score (nSPS) is 20.5. The maximum atomic E-state index is 13.7. The molecule has 3 N–H and O–H groups in total. The monoisotopic (exact) mass is 614 g/mol. The molecule has 234 valence electrons. The highest BCUT2D eigenvalue weighted by Gasteiger charge is 2.47. The second-order valence-corrected chi connectivity index (χ2v) is 13.1. The lowest BCUT2D eigenvalue weighted by Gasteiger charge is -2.27. The number of aromatic nitrogens is 3. The number of aryl methyl sites for hydroxylation is 1. The predicted octanol–water partition coefficient (Wildman–Crippen LogP) is 5.97. The van der Waals surface area contributed by atoms with E-state index >= 15 is 0 Å². The van der Waals surface area contributed by atoms with Gasteiger partial charge in [0.1, 0.15) is 11.3 Å². The Morgan fingerprint density at radius 2 is 1.89 bits per heavy atom. The highest BCUT2D eigenvalue weighted by molar-refractivity contribution is 6.01. The molecule has 0 radical (unpaired) electrons. The summed E-state index contributed by atoms with van der Waals surface area (Å²) in [6.07, 6.45) is 5.77. The third-order valence-corrected chi connectivity index (χ3v) is 10.2. The molecule has 3 fully saturated rings. The van der Waals surface area contributed by atoms with E-state index in [9.17, 15) is 9.59 Å². The van der Waals surface area contributed by atoms with Gasteiger partial charge in [0.05, 0.1) is 18.3 Å². The van der Waals surface area contributed by atoms with Crippen molar-refractivity contribution in [1.29, 1.82) is 0 Å². The van der Waals surface area contributed by atoms with E-state index in [4.69, 9.17) is 15.5 Å². The summed E-state index contributed by atoms with van der Waals surface area (Å²) < 4.78 is 10.3. The number of fused-ring (bicyclic) bond motifs is 4. The molecule has 9 nitrogen and oxygen atoms in total. The number of benzene rings is 3. The lowest BCUT2D eigenvalue weighted by Crippen LogP contribution is -2.41. The summed E-state index contributed by atoms with van der Waals surface area (Å²) in [6, 6.07) is 20.5. The summed E-state index contributed by atoms with van der Waals surface area (Å²) in [6.45, 7) is 5.18. The molecule has 0 spiro atoms. The maximum absolute atomic E-state index is 13.7. The number of methoxy groups -OCH3 is 1. The van der Waals surface area contributed by atoms with Gasteiger partial charge in [-0.3, -0.25) is 9.59 Å². The molecular formula is C37H38N6O3. The Kier molecular flexibility index (Phi) is 6.76. The van der Waals surface area contributed by atoms with E-state index in [1.807, 2.05) is 42.3 Å². The second-order valence-electron chi connectivity index (χ2n) is 13.1. The lowest BCUT2D eigenvalue weighted by molar-refractivity contribution is -0.111. The van der Waals surface area contributed by atoms with Crippen LogP contribution in [0.4, 0.5) is 5.69 Å². The Hall–Kier alpha value is -4.89. The average molecular weight is 615 g/mol. The zero-order valence-corrected chi connectivity index (χ0v) is 26.2. The van der Waals surface area contributed by atoms with Gasteiger partial charge in [0, 0.05) is 54.4 Å². The van der Waals surface area contributed by atoms with Gasteiger partial charge in [-0.15, -0.1) is 0 Å². The topological polar surface area (TPSA) is 107 Å². The number of amides is 2. The van der Waals surface area contributed by atoms with E-state index in [0.29, 0.717) is 23.1 Å². The fraction of sp³-hybridized carbons (Fsp3) is 0.324. The fourth-order valence-corrected chi connectivity index (χ4v) is 7.61. The van der Waals surface area contributed by atoms with Crippen molar-refractivity contribution in [1.82, 2.24) is 19.0 Å². The zero-order valence-electron chi connectivity index (χ0n) is 26.2. The van der Waals surface area contributed by atoms with Crippen LogP contribution in [0.2, 0.25) is 0 Å². The number of carbonyl (C=O) groups excluding carboxylic acids is 2. The number of nitrogens with two attached hydrogens (primary N) is 1. The number of nitrogens with one attached hydrogen (secondary N) is 1. The predicted molar refractivity (Wildman–Crippen MR) is 181 cm³/mol. The van der Waals surface area contributed by atoms with Gasteiger partial charge in [-0.05, 0) is 91.1 Å². The Morgan fingerprint density at radius 3 is 2.61 bits per heavy atom. The van der Waals surface area contributed by atoms with E-state index in [0.717, 1.165) is 76.2 Å². The van der Waals surface area contributed by atoms with Gasteiger partial charge in [0.25, 0.3) is 5.91 Å². The van der Waals surface area contributed by atoms with Crippen molar-refractivity contribution in [3.63, 3.8) is 0 Å². The lowest BCUT2D eigenvalue weighted by atomic mass is 10.0. The number of nitrogens with zero attached hydrogens (tertiary/aromatic N) is 4. The van der Waals surface area contributed by atoms with Crippen LogP contribution >= 0.6 is 0 Å². The molecule has 3 aliphatic rings. The standard InChI is InChI=1S/C37H38N6O3/c1-4-33(44)39-27-7-5-6-22(14-27)23-10-11-24-17-31(42(30(24)16-23)19-21-8-9-21)36-40-28-15-26(18-32(46-3)35(28)41(36)2)37(45)43-20-25-12-13-29(43)34(25)38/h4-7,10-11,14-18,21,25,29,34H,1,8-9,12-13,19-20,38H2,2-3H3,(H,39,44)/t25-,29-,34-/m1/s1. The summed E-state index contributed by atoms with van der Waals surface area (Å²) in [5, 5.41) is 3.99. The first-order valence-electron chi connectivity index (χ1n) is 16.1. The number of ether oxygens (including phenoxy) is 1. The molecule has 2 saturated carbocycles. The first-order chi connectivity index (χ1) is 22.3. The SMILES string of the molecule is C=CC(=O)Nc1cccc(-c2ccc3cc(-c4nc5cc(C(=O)N6C[C@H]7CC[C@@H]6[C@@H]7N)cc(OC)c5n4C)n(CC4CC4)c3c2)c1. The van der Waals surface area contributed by atoms with Gasteiger partial charge in [0.15, 0.2) is 5.82 Å². The molecule has 9 heteroatoms. The van der Waals surface area contributed by atoms with Crippen molar-refractivity contribution < 1.29 is 14.3 Å². The highest BCUT2D eigenvalue weighted by atomic mass is 16.5. The first kappa shape index (κ1) is 28.6. The quantitative estimate of drug-likeness (QED) is 0.210. The molecule has 2 amide bonds. The molecule has 1 aliphatic heterocycles. The van der Waals surface area contributed by atoms with Crippen LogP contribution < -0.4 is 15.8 Å². The van der Waals surface area contributed by atoms with E-state index < -0.39 is 0 Å². The smallest absolute Gasteiger partial charge is 0.254 e. The number of hydrogen-bond donors (Lipinski definition) is 2. The molecule has 2 aliphatic carbocycles. The number of anilines is 1. The highest BCUT2D eigenvalue weighted by Crippen LogP contribution is 2.41. The van der Waals surface area contributed by atoms with Crippen molar-refractivity contribution in [3.05, 3.63) is 78.9 Å². The van der Waals surface area contributed by atoms with E-state index in [1.54, 1.807) is 7.11 Å². The fourth-order valence-electron chi connectivity index (χ4n) is 7.61. The Morgan fingerprint density at radius 1 is 1.07 bits per heavy atom. The van der Waals surface area contributed by atoms with E-state index in [2.05, 4.69) is 51.4 Å². The van der Waals surface area contributed by atoms with E-state index in [-0.39, 0.29) is 23.9 Å².